The van der Waals surface area contributed by atoms with Crippen molar-refractivity contribution in [3.8, 4) is 17.1 Å². The summed E-state index contributed by atoms with van der Waals surface area (Å²) in [5.74, 6) is -2.14. The molecule has 0 radical (unpaired) electrons. The summed E-state index contributed by atoms with van der Waals surface area (Å²) in [6.45, 7) is 0.608. The number of imidazole rings is 1. The fourth-order valence-corrected chi connectivity index (χ4v) is 3.26. The van der Waals surface area contributed by atoms with Gasteiger partial charge in [0.05, 0.1) is 25.0 Å². The zero-order chi connectivity index (χ0) is 19.0. The van der Waals surface area contributed by atoms with Crippen LogP contribution in [0.5, 0.6) is 5.75 Å². The molecule has 138 valence electrons. The van der Waals surface area contributed by atoms with Crippen molar-refractivity contribution >= 4 is 5.91 Å². The van der Waals surface area contributed by atoms with Gasteiger partial charge in [-0.3, -0.25) is 4.79 Å². The number of halogens is 2. The number of nitrogens with one attached hydrogen (secondary N) is 1. The van der Waals surface area contributed by atoms with E-state index in [0.29, 0.717) is 13.0 Å². The highest BCUT2D eigenvalue weighted by molar-refractivity contribution is 5.97. The van der Waals surface area contributed by atoms with Crippen molar-refractivity contribution in [3.63, 3.8) is 0 Å². The van der Waals surface area contributed by atoms with Crippen LogP contribution in [0.1, 0.15) is 21.7 Å². The van der Waals surface area contributed by atoms with Crippen LogP contribution in [0, 0.1) is 11.6 Å². The van der Waals surface area contributed by atoms with Gasteiger partial charge in [-0.25, -0.2) is 13.8 Å². The van der Waals surface area contributed by atoms with Gasteiger partial charge in [-0.2, -0.15) is 0 Å². The normalized spacial score (nSPS) is 13.4. The molecule has 0 unspecified atom stereocenters. The summed E-state index contributed by atoms with van der Waals surface area (Å²) in [6, 6.07) is 11.9. The van der Waals surface area contributed by atoms with Gasteiger partial charge in [0.15, 0.2) is 11.6 Å². The molecule has 0 atom stereocenters. The van der Waals surface area contributed by atoms with Gasteiger partial charge in [0.2, 0.25) is 0 Å². The molecule has 0 fully saturated rings. The van der Waals surface area contributed by atoms with Crippen LogP contribution in [0.2, 0.25) is 0 Å². The van der Waals surface area contributed by atoms with Crippen molar-refractivity contribution in [2.45, 2.75) is 13.0 Å². The number of methoxy groups -OCH3 is 1. The number of aromatic nitrogens is 2. The summed E-state index contributed by atoms with van der Waals surface area (Å²) >= 11 is 0. The Labute approximate surface area is 154 Å². The molecule has 4 rings (SSSR count). The highest BCUT2D eigenvalue weighted by Crippen LogP contribution is 2.28. The van der Waals surface area contributed by atoms with E-state index < -0.39 is 17.5 Å². The Bertz CT molecular complexity index is 1000. The lowest BCUT2D eigenvalue weighted by Gasteiger charge is -2.27. The minimum atomic E-state index is -1.19. The van der Waals surface area contributed by atoms with Crippen molar-refractivity contribution < 1.29 is 18.3 Å². The summed E-state index contributed by atoms with van der Waals surface area (Å²) in [5, 5.41) is 0. The van der Waals surface area contributed by atoms with E-state index in [0.717, 1.165) is 28.8 Å². The Morgan fingerprint density at radius 1 is 1.19 bits per heavy atom. The largest absolute Gasteiger partial charge is 0.496 e. The van der Waals surface area contributed by atoms with E-state index in [1.54, 1.807) is 0 Å². The third-order valence-electron chi connectivity index (χ3n) is 4.66. The maximum absolute atomic E-state index is 14.3. The number of amides is 1. The van der Waals surface area contributed by atoms with Crippen LogP contribution >= 0.6 is 0 Å². The van der Waals surface area contributed by atoms with Crippen molar-refractivity contribution in [3.05, 3.63) is 71.1 Å². The Kier molecular flexibility index (Phi) is 4.35. The molecule has 2 heterocycles. The second kappa shape index (κ2) is 6.83. The lowest BCUT2D eigenvalue weighted by molar-refractivity contribution is 0.0722. The SMILES string of the molecule is COc1ccc(F)c(F)c1C(=O)N1CCc2nc(-c3ccccc3)[nH]c2C1. The third kappa shape index (κ3) is 3.05. The monoisotopic (exact) mass is 369 g/mol. The maximum Gasteiger partial charge on any atom is 0.261 e. The molecule has 5 nitrogen and oxygen atoms in total. The van der Waals surface area contributed by atoms with Crippen LogP contribution in [0.3, 0.4) is 0 Å². The number of ether oxygens (including phenoxy) is 1. The molecular weight excluding hydrogens is 352 g/mol. The summed E-state index contributed by atoms with van der Waals surface area (Å²) in [7, 11) is 1.32. The number of H-pyrrole nitrogens is 1. The zero-order valence-electron chi connectivity index (χ0n) is 14.6. The molecule has 0 saturated heterocycles. The van der Waals surface area contributed by atoms with E-state index in [4.69, 9.17) is 4.74 Å². The van der Waals surface area contributed by atoms with Gasteiger partial charge >= 0.3 is 0 Å². The van der Waals surface area contributed by atoms with Gasteiger partial charge in [0.25, 0.3) is 5.91 Å². The lowest BCUT2D eigenvalue weighted by atomic mass is 10.1. The van der Waals surface area contributed by atoms with Gasteiger partial charge in [0, 0.05) is 18.5 Å². The van der Waals surface area contributed by atoms with E-state index in [-0.39, 0.29) is 17.9 Å². The first kappa shape index (κ1) is 17.2. The van der Waals surface area contributed by atoms with E-state index in [9.17, 15) is 13.6 Å². The van der Waals surface area contributed by atoms with Crippen molar-refractivity contribution in [2.75, 3.05) is 13.7 Å². The molecule has 2 aromatic carbocycles. The number of nitrogens with zero attached hydrogens (tertiary/aromatic N) is 2. The van der Waals surface area contributed by atoms with Crippen LogP contribution in [0.15, 0.2) is 42.5 Å². The number of carbonyl (C=O) groups excluding carboxylic acids is 1. The highest BCUT2D eigenvalue weighted by Gasteiger charge is 2.29. The summed E-state index contributed by atoms with van der Waals surface area (Å²) in [5.41, 5.74) is 2.24. The Hall–Kier alpha value is -3.22. The second-order valence-electron chi connectivity index (χ2n) is 6.29. The van der Waals surface area contributed by atoms with Crippen molar-refractivity contribution in [1.29, 1.82) is 0 Å². The molecule has 1 amide bonds. The van der Waals surface area contributed by atoms with Crippen LogP contribution < -0.4 is 4.74 Å². The average molecular weight is 369 g/mol. The van der Waals surface area contributed by atoms with Gasteiger partial charge in [-0.15, -0.1) is 0 Å². The minimum absolute atomic E-state index is 0.0132. The van der Waals surface area contributed by atoms with E-state index in [2.05, 4.69) is 9.97 Å². The molecule has 1 aliphatic rings. The summed E-state index contributed by atoms with van der Waals surface area (Å²) < 4.78 is 32.9. The van der Waals surface area contributed by atoms with Gasteiger partial charge in [-0.05, 0) is 12.1 Å². The van der Waals surface area contributed by atoms with Gasteiger partial charge in [-0.1, -0.05) is 30.3 Å². The fraction of sp³-hybridized carbons (Fsp3) is 0.200. The molecule has 27 heavy (non-hydrogen) atoms. The number of rotatable bonds is 3. The van der Waals surface area contributed by atoms with Gasteiger partial charge < -0.3 is 14.6 Å². The molecule has 0 saturated carbocycles. The van der Waals surface area contributed by atoms with Crippen molar-refractivity contribution in [1.82, 2.24) is 14.9 Å². The lowest BCUT2D eigenvalue weighted by Crippen LogP contribution is -2.36. The minimum Gasteiger partial charge on any atom is -0.496 e. The van der Waals surface area contributed by atoms with Crippen LogP contribution in [-0.2, 0) is 13.0 Å². The molecule has 3 aromatic rings. The first-order chi connectivity index (χ1) is 13.1. The predicted octanol–water partition coefficient (Wildman–Crippen LogP) is 3.56. The zero-order valence-corrected chi connectivity index (χ0v) is 14.6. The standard InChI is InChI=1S/C20H17F2N3O2/c1-27-16-8-7-13(21)18(22)17(16)20(26)25-10-9-14-15(11-25)24-19(23-14)12-5-3-2-4-6-12/h2-8H,9-11H2,1H3,(H,23,24). The van der Waals surface area contributed by atoms with Crippen LogP contribution in [-0.4, -0.2) is 34.4 Å². The fourth-order valence-electron chi connectivity index (χ4n) is 3.26. The molecular formula is C20H17F2N3O2. The van der Waals surface area contributed by atoms with E-state index >= 15 is 0 Å². The molecule has 0 bridgehead atoms. The number of hydrogen-bond acceptors (Lipinski definition) is 3. The Balaban J connectivity index is 1.63. The second-order valence-corrected chi connectivity index (χ2v) is 6.29. The Morgan fingerprint density at radius 2 is 1.96 bits per heavy atom. The first-order valence-electron chi connectivity index (χ1n) is 8.53. The van der Waals surface area contributed by atoms with Crippen molar-refractivity contribution in [2.24, 2.45) is 0 Å². The number of benzene rings is 2. The van der Waals surface area contributed by atoms with Crippen LogP contribution in [0.4, 0.5) is 8.78 Å². The van der Waals surface area contributed by atoms with E-state index in [1.165, 1.54) is 18.1 Å². The van der Waals surface area contributed by atoms with Crippen LogP contribution in [0.25, 0.3) is 11.4 Å². The third-order valence-corrected chi connectivity index (χ3v) is 4.66. The molecule has 0 aliphatic carbocycles. The Morgan fingerprint density at radius 3 is 2.70 bits per heavy atom. The average Bonchev–Trinajstić information content (AvgIpc) is 3.13. The molecule has 0 spiro atoms. The first-order valence-corrected chi connectivity index (χ1v) is 8.53. The summed E-state index contributed by atoms with van der Waals surface area (Å²) in [6.07, 6.45) is 0.531. The maximum atomic E-state index is 14.3. The molecule has 7 heteroatoms. The molecule has 1 aromatic heterocycles. The van der Waals surface area contributed by atoms with Gasteiger partial charge in [0.1, 0.15) is 17.1 Å². The number of carbonyl (C=O) groups is 1. The number of fused-ring (bicyclic) bond motifs is 1. The quantitative estimate of drug-likeness (QED) is 0.768. The number of aromatic amines is 1. The molecule has 1 N–H and O–H groups in total. The highest BCUT2D eigenvalue weighted by atomic mass is 19.2. The number of hydrogen-bond donors (Lipinski definition) is 1. The topological polar surface area (TPSA) is 58.2 Å². The predicted molar refractivity (Wildman–Crippen MR) is 95.4 cm³/mol. The van der Waals surface area contributed by atoms with E-state index in [1.807, 2.05) is 30.3 Å². The smallest absolute Gasteiger partial charge is 0.261 e. The molecule has 1 aliphatic heterocycles. The summed E-state index contributed by atoms with van der Waals surface area (Å²) in [4.78, 5) is 22.1.